The van der Waals surface area contributed by atoms with Crippen LogP contribution in [-0.4, -0.2) is 40.0 Å². The molecule has 3 heterocycles. The first-order valence-corrected chi connectivity index (χ1v) is 9.53. The molecule has 1 fully saturated rings. The molecule has 0 spiro atoms. The number of ether oxygens (including phenoxy) is 1. The Kier molecular flexibility index (Phi) is 6.04. The van der Waals surface area contributed by atoms with Crippen LogP contribution in [0, 0.1) is 13.8 Å². The number of aromatic nitrogens is 3. The fourth-order valence-corrected chi connectivity index (χ4v) is 3.52. The highest BCUT2D eigenvalue weighted by molar-refractivity contribution is 7.10. The maximum Gasteiger partial charge on any atom is 0.192 e. The topological polar surface area (TPSA) is 76.4 Å². The van der Waals surface area contributed by atoms with Crippen molar-refractivity contribution in [2.75, 3.05) is 13.2 Å². The van der Waals surface area contributed by atoms with E-state index < -0.39 is 0 Å². The van der Waals surface area contributed by atoms with Crippen LogP contribution in [0.2, 0.25) is 0 Å². The van der Waals surface area contributed by atoms with Crippen LogP contribution in [0.4, 0.5) is 0 Å². The van der Waals surface area contributed by atoms with E-state index in [1.165, 1.54) is 10.4 Å². The second-order valence-corrected chi connectivity index (χ2v) is 7.28. The summed E-state index contributed by atoms with van der Waals surface area (Å²) in [6, 6.07) is 2.14. The van der Waals surface area contributed by atoms with Gasteiger partial charge in [-0.2, -0.15) is 0 Å². The molecule has 0 amide bonds. The predicted octanol–water partition coefficient (Wildman–Crippen LogP) is 1.91. The van der Waals surface area contributed by atoms with Crippen LogP contribution in [0.25, 0.3) is 0 Å². The lowest BCUT2D eigenvalue weighted by atomic mass is 10.2. The molecule has 1 aliphatic rings. The van der Waals surface area contributed by atoms with Gasteiger partial charge in [-0.25, -0.2) is 4.99 Å². The van der Waals surface area contributed by atoms with Crippen LogP contribution < -0.4 is 10.6 Å². The summed E-state index contributed by atoms with van der Waals surface area (Å²) >= 11 is 1.76. The van der Waals surface area contributed by atoms with Gasteiger partial charge in [0.1, 0.15) is 12.4 Å². The van der Waals surface area contributed by atoms with Crippen molar-refractivity contribution in [3.63, 3.8) is 0 Å². The maximum atomic E-state index is 5.69. The summed E-state index contributed by atoms with van der Waals surface area (Å²) in [6.45, 7) is 6.95. The molecule has 0 saturated carbocycles. The maximum absolute atomic E-state index is 5.69. The molecule has 1 saturated heterocycles. The summed E-state index contributed by atoms with van der Waals surface area (Å²) in [5.74, 6) is 2.52. The first-order chi connectivity index (χ1) is 12.1. The normalized spacial score (nSPS) is 17.9. The molecule has 136 valence electrons. The van der Waals surface area contributed by atoms with Crippen molar-refractivity contribution in [3.8, 4) is 0 Å². The van der Waals surface area contributed by atoms with Crippen LogP contribution in [0.5, 0.6) is 0 Å². The molecule has 1 unspecified atom stereocenters. The van der Waals surface area contributed by atoms with Crippen LogP contribution in [0.15, 0.2) is 16.4 Å². The molecule has 0 aliphatic carbocycles. The van der Waals surface area contributed by atoms with E-state index in [-0.39, 0.29) is 6.10 Å². The standard InChI is InChI=1S/C17H26N6OS/c1-12-6-8-25-15(12)10-19-17(18-9-14-5-4-7-24-14)20-11-16-22-21-13(2)23(16)3/h6,8,14H,4-5,7,9-11H2,1-3H3,(H2,18,19,20). The van der Waals surface area contributed by atoms with Gasteiger partial charge in [0.2, 0.25) is 0 Å². The molecule has 1 aliphatic heterocycles. The summed E-state index contributed by atoms with van der Waals surface area (Å²) in [5, 5.41) is 17.2. The van der Waals surface area contributed by atoms with E-state index in [9.17, 15) is 0 Å². The van der Waals surface area contributed by atoms with Gasteiger partial charge < -0.3 is 19.9 Å². The van der Waals surface area contributed by atoms with Crippen molar-refractivity contribution in [1.82, 2.24) is 25.4 Å². The van der Waals surface area contributed by atoms with Gasteiger partial charge in [0.25, 0.3) is 0 Å². The average molecular weight is 363 g/mol. The largest absolute Gasteiger partial charge is 0.376 e. The molecule has 2 N–H and O–H groups in total. The number of nitrogens with zero attached hydrogens (tertiary/aromatic N) is 4. The van der Waals surface area contributed by atoms with Crippen molar-refractivity contribution in [2.24, 2.45) is 12.0 Å². The van der Waals surface area contributed by atoms with Gasteiger partial charge in [-0.3, -0.25) is 0 Å². The lowest BCUT2D eigenvalue weighted by molar-refractivity contribution is 0.114. The zero-order valence-electron chi connectivity index (χ0n) is 15.1. The van der Waals surface area contributed by atoms with Gasteiger partial charge in [-0.15, -0.1) is 21.5 Å². The van der Waals surface area contributed by atoms with E-state index in [4.69, 9.17) is 4.74 Å². The van der Waals surface area contributed by atoms with Crippen molar-refractivity contribution in [3.05, 3.63) is 33.5 Å². The zero-order chi connectivity index (χ0) is 17.6. The molecule has 25 heavy (non-hydrogen) atoms. The summed E-state index contributed by atoms with van der Waals surface area (Å²) in [5.41, 5.74) is 1.31. The number of nitrogens with one attached hydrogen (secondary N) is 2. The number of aliphatic imine (C=N–C) groups is 1. The smallest absolute Gasteiger partial charge is 0.192 e. The number of thiophene rings is 1. The third-order valence-corrected chi connectivity index (χ3v) is 5.49. The third kappa shape index (κ3) is 4.79. The van der Waals surface area contributed by atoms with Crippen LogP contribution in [-0.2, 0) is 24.9 Å². The fourth-order valence-electron chi connectivity index (χ4n) is 2.68. The molecule has 2 aromatic heterocycles. The van der Waals surface area contributed by atoms with Crippen molar-refractivity contribution < 1.29 is 4.74 Å². The van der Waals surface area contributed by atoms with Crippen molar-refractivity contribution in [2.45, 2.75) is 45.9 Å². The first-order valence-electron chi connectivity index (χ1n) is 8.65. The Morgan fingerprint density at radius 1 is 1.40 bits per heavy atom. The SMILES string of the molecule is Cc1ccsc1CNC(=NCc1nnc(C)n1C)NCC1CCCO1. The Labute approximate surface area is 152 Å². The molecular formula is C17H26N6OS. The molecule has 0 bridgehead atoms. The van der Waals surface area contributed by atoms with E-state index in [0.717, 1.165) is 50.1 Å². The number of aryl methyl sites for hydroxylation is 2. The first kappa shape index (κ1) is 17.9. The van der Waals surface area contributed by atoms with E-state index >= 15 is 0 Å². The highest BCUT2D eigenvalue weighted by Crippen LogP contribution is 2.15. The minimum atomic E-state index is 0.271. The molecule has 0 aromatic carbocycles. The van der Waals surface area contributed by atoms with Crippen molar-refractivity contribution >= 4 is 17.3 Å². The average Bonchev–Trinajstić information content (AvgIpc) is 3.33. The third-order valence-electron chi connectivity index (χ3n) is 4.47. The van der Waals surface area contributed by atoms with Gasteiger partial charge in [0, 0.05) is 25.1 Å². The van der Waals surface area contributed by atoms with Gasteiger partial charge >= 0.3 is 0 Å². The lowest BCUT2D eigenvalue weighted by Gasteiger charge is -2.15. The second kappa shape index (κ2) is 8.44. The summed E-state index contributed by atoms with van der Waals surface area (Å²) in [6.07, 6.45) is 2.51. The van der Waals surface area contributed by atoms with Crippen molar-refractivity contribution in [1.29, 1.82) is 0 Å². The van der Waals surface area contributed by atoms with E-state index in [2.05, 4.69) is 44.2 Å². The zero-order valence-corrected chi connectivity index (χ0v) is 15.9. The lowest BCUT2D eigenvalue weighted by Crippen LogP contribution is -2.40. The van der Waals surface area contributed by atoms with E-state index in [0.29, 0.717) is 6.54 Å². The second-order valence-electron chi connectivity index (χ2n) is 6.28. The summed E-state index contributed by atoms with van der Waals surface area (Å²) < 4.78 is 7.65. The van der Waals surface area contributed by atoms with Crippen LogP contribution >= 0.6 is 11.3 Å². The fraction of sp³-hybridized carbons (Fsp3) is 0.588. The molecule has 7 nitrogen and oxygen atoms in total. The van der Waals surface area contributed by atoms with Gasteiger partial charge in [0.15, 0.2) is 11.8 Å². The van der Waals surface area contributed by atoms with Gasteiger partial charge in [-0.1, -0.05) is 0 Å². The van der Waals surface area contributed by atoms with Crippen LogP contribution in [0.3, 0.4) is 0 Å². The van der Waals surface area contributed by atoms with E-state index in [1.807, 2.05) is 18.5 Å². The predicted molar refractivity (Wildman–Crippen MR) is 99.8 cm³/mol. The highest BCUT2D eigenvalue weighted by Gasteiger charge is 2.16. The van der Waals surface area contributed by atoms with Gasteiger partial charge in [0.05, 0.1) is 12.6 Å². The summed E-state index contributed by atoms with van der Waals surface area (Å²) in [7, 11) is 1.96. The van der Waals surface area contributed by atoms with Crippen LogP contribution in [0.1, 0.15) is 34.9 Å². The molecular weight excluding hydrogens is 336 g/mol. The Morgan fingerprint density at radius 2 is 2.28 bits per heavy atom. The molecule has 1 atom stereocenters. The number of rotatable bonds is 6. The minimum Gasteiger partial charge on any atom is -0.376 e. The molecule has 0 radical (unpaired) electrons. The quantitative estimate of drug-likeness (QED) is 0.606. The Hall–Kier alpha value is -1.93. The minimum absolute atomic E-state index is 0.271. The Balaban J connectivity index is 1.62. The van der Waals surface area contributed by atoms with Gasteiger partial charge in [-0.05, 0) is 43.7 Å². The molecule has 8 heteroatoms. The summed E-state index contributed by atoms with van der Waals surface area (Å²) in [4.78, 5) is 6.00. The molecule has 2 aromatic rings. The van der Waals surface area contributed by atoms with E-state index in [1.54, 1.807) is 11.3 Å². The monoisotopic (exact) mass is 362 g/mol. The Bertz CT molecular complexity index is 717. The highest BCUT2D eigenvalue weighted by atomic mass is 32.1. The number of guanidine groups is 1. The number of hydrogen-bond acceptors (Lipinski definition) is 5. The number of hydrogen-bond donors (Lipinski definition) is 2. The molecule has 3 rings (SSSR count). The Morgan fingerprint density at radius 3 is 2.92 bits per heavy atom.